The molecule has 4 nitrogen and oxygen atoms in total. The van der Waals surface area contributed by atoms with Crippen molar-refractivity contribution in [2.45, 2.75) is 19.6 Å². The van der Waals surface area contributed by atoms with Gasteiger partial charge in [0.25, 0.3) is 0 Å². The van der Waals surface area contributed by atoms with E-state index in [2.05, 4.69) is 11.1 Å². The van der Waals surface area contributed by atoms with Crippen molar-refractivity contribution in [3.63, 3.8) is 0 Å². The Balaban J connectivity index is 1.44. The van der Waals surface area contributed by atoms with E-state index in [-0.39, 0.29) is 24.9 Å². The van der Waals surface area contributed by atoms with E-state index >= 15 is 0 Å². The van der Waals surface area contributed by atoms with Gasteiger partial charge in [-0.3, -0.25) is 4.79 Å². The molecule has 3 aromatic carbocycles. The highest BCUT2D eigenvalue weighted by molar-refractivity contribution is 5.83. The zero-order valence-corrected chi connectivity index (χ0v) is 17.3. The van der Waals surface area contributed by atoms with Gasteiger partial charge >= 0.3 is 0 Å². The molecule has 0 bridgehead atoms. The van der Waals surface area contributed by atoms with Gasteiger partial charge in [0.2, 0.25) is 5.91 Å². The molecule has 4 aromatic rings. The SMILES string of the molecule is O=C(COCc1ccccc1)N(CCc1c[nH]c2ccccc12)Cc1ccccc1F. The number of amides is 1. The third kappa shape index (κ3) is 5.38. The van der Waals surface area contributed by atoms with E-state index in [4.69, 9.17) is 4.74 Å². The van der Waals surface area contributed by atoms with Crippen LogP contribution < -0.4 is 0 Å². The third-order valence-electron chi connectivity index (χ3n) is 5.33. The smallest absolute Gasteiger partial charge is 0.248 e. The van der Waals surface area contributed by atoms with Crippen molar-refractivity contribution in [1.29, 1.82) is 0 Å². The molecule has 5 heteroatoms. The average Bonchev–Trinajstić information content (AvgIpc) is 3.21. The van der Waals surface area contributed by atoms with E-state index < -0.39 is 0 Å². The monoisotopic (exact) mass is 416 g/mol. The molecule has 0 aliphatic carbocycles. The summed E-state index contributed by atoms with van der Waals surface area (Å²) in [4.78, 5) is 17.9. The van der Waals surface area contributed by atoms with Crippen LogP contribution in [0.25, 0.3) is 10.9 Å². The van der Waals surface area contributed by atoms with Crippen molar-refractivity contribution in [3.8, 4) is 0 Å². The lowest BCUT2D eigenvalue weighted by Crippen LogP contribution is -2.35. The Morgan fingerprint density at radius 2 is 1.65 bits per heavy atom. The lowest BCUT2D eigenvalue weighted by atomic mass is 10.1. The molecule has 0 aliphatic heterocycles. The molecule has 0 atom stereocenters. The van der Waals surface area contributed by atoms with Crippen LogP contribution in [0.3, 0.4) is 0 Å². The number of carbonyl (C=O) groups is 1. The summed E-state index contributed by atoms with van der Waals surface area (Å²) < 4.78 is 19.9. The number of benzene rings is 3. The van der Waals surface area contributed by atoms with E-state index in [0.717, 1.165) is 22.0 Å². The van der Waals surface area contributed by atoms with Gasteiger partial charge in [-0.25, -0.2) is 4.39 Å². The standard InChI is InChI=1S/C26H25FN2O2/c27-24-12-6-4-10-22(24)17-29(26(30)19-31-18-20-8-2-1-3-9-20)15-14-21-16-28-25-13-7-5-11-23(21)25/h1-13,16,28H,14-15,17-19H2. The fraction of sp³-hybridized carbons (Fsp3) is 0.192. The number of hydrogen-bond donors (Lipinski definition) is 1. The van der Waals surface area contributed by atoms with E-state index in [1.54, 1.807) is 23.1 Å². The maximum absolute atomic E-state index is 14.2. The van der Waals surface area contributed by atoms with Crippen molar-refractivity contribution in [2.24, 2.45) is 0 Å². The zero-order valence-electron chi connectivity index (χ0n) is 17.3. The minimum absolute atomic E-state index is 0.0444. The predicted molar refractivity (Wildman–Crippen MR) is 120 cm³/mol. The van der Waals surface area contributed by atoms with E-state index in [0.29, 0.717) is 25.1 Å². The molecule has 1 N–H and O–H groups in total. The van der Waals surface area contributed by atoms with Crippen molar-refractivity contribution in [1.82, 2.24) is 9.88 Å². The Hall–Kier alpha value is -3.44. The van der Waals surface area contributed by atoms with Gasteiger partial charge in [-0.05, 0) is 29.7 Å². The van der Waals surface area contributed by atoms with Gasteiger partial charge in [-0.2, -0.15) is 0 Å². The Morgan fingerprint density at radius 3 is 2.48 bits per heavy atom. The second kappa shape index (κ2) is 10.0. The average molecular weight is 416 g/mol. The number of fused-ring (bicyclic) bond motifs is 1. The number of aromatic amines is 1. The number of ether oxygens (including phenoxy) is 1. The Morgan fingerprint density at radius 1 is 0.903 bits per heavy atom. The minimum Gasteiger partial charge on any atom is -0.367 e. The lowest BCUT2D eigenvalue weighted by Gasteiger charge is -2.23. The van der Waals surface area contributed by atoms with Gasteiger partial charge in [0, 0.05) is 35.8 Å². The fourth-order valence-electron chi connectivity index (χ4n) is 3.64. The second-order valence-electron chi connectivity index (χ2n) is 7.49. The summed E-state index contributed by atoms with van der Waals surface area (Å²) in [6.45, 7) is 1.01. The molecule has 31 heavy (non-hydrogen) atoms. The van der Waals surface area contributed by atoms with E-state index in [9.17, 15) is 9.18 Å². The van der Waals surface area contributed by atoms with Crippen LogP contribution in [0.15, 0.2) is 85.1 Å². The summed E-state index contributed by atoms with van der Waals surface area (Å²) >= 11 is 0. The topological polar surface area (TPSA) is 45.3 Å². The highest BCUT2D eigenvalue weighted by Crippen LogP contribution is 2.19. The minimum atomic E-state index is -0.308. The van der Waals surface area contributed by atoms with Crippen LogP contribution in [-0.4, -0.2) is 28.9 Å². The molecule has 0 saturated heterocycles. The molecule has 0 aliphatic rings. The van der Waals surface area contributed by atoms with Gasteiger partial charge in [-0.1, -0.05) is 66.7 Å². The molecule has 158 valence electrons. The molecular weight excluding hydrogens is 391 g/mol. The van der Waals surface area contributed by atoms with E-state index in [1.165, 1.54) is 6.07 Å². The maximum Gasteiger partial charge on any atom is 0.248 e. The number of carbonyl (C=O) groups excluding carboxylic acids is 1. The molecule has 1 heterocycles. The molecule has 0 unspecified atom stereocenters. The number of H-pyrrole nitrogens is 1. The number of para-hydroxylation sites is 1. The molecule has 4 rings (SSSR count). The van der Waals surface area contributed by atoms with Crippen LogP contribution >= 0.6 is 0 Å². The largest absolute Gasteiger partial charge is 0.367 e. The fourth-order valence-corrected chi connectivity index (χ4v) is 3.64. The van der Waals surface area contributed by atoms with Gasteiger partial charge in [0.05, 0.1) is 6.61 Å². The molecule has 0 fully saturated rings. The van der Waals surface area contributed by atoms with Crippen LogP contribution in [-0.2, 0) is 29.1 Å². The summed E-state index contributed by atoms with van der Waals surface area (Å²) in [5.41, 5.74) is 3.70. The van der Waals surface area contributed by atoms with Crippen molar-refractivity contribution >= 4 is 16.8 Å². The number of aromatic nitrogens is 1. The highest BCUT2D eigenvalue weighted by Gasteiger charge is 2.17. The first-order chi connectivity index (χ1) is 15.2. The van der Waals surface area contributed by atoms with Crippen LogP contribution in [0.5, 0.6) is 0 Å². The summed E-state index contributed by atoms with van der Waals surface area (Å²) in [6, 6.07) is 24.4. The number of nitrogens with one attached hydrogen (secondary N) is 1. The van der Waals surface area contributed by atoms with Crippen LogP contribution in [0, 0.1) is 5.82 Å². The first-order valence-electron chi connectivity index (χ1n) is 10.4. The molecule has 0 spiro atoms. The third-order valence-corrected chi connectivity index (χ3v) is 5.33. The summed E-state index contributed by atoms with van der Waals surface area (Å²) in [5, 5.41) is 1.14. The summed E-state index contributed by atoms with van der Waals surface area (Å²) in [6.07, 6.45) is 2.64. The quantitative estimate of drug-likeness (QED) is 0.413. The van der Waals surface area contributed by atoms with Crippen molar-refractivity contribution < 1.29 is 13.9 Å². The van der Waals surface area contributed by atoms with Crippen LogP contribution in [0.4, 0.5) is 4.39 Å². The molecule has 1 aromatic heterocycles. The normalized spacial score (nSPS) is 11.0. The van der Waals surface area contributed by atoms with Gasteiger partial charge in [0.15, 0.2) is 0 Å². The maximum atomic E-state index is 14.2. The molecule has 0 saturated carbocycles. The Bertz CT molecular complexity index is 1140. The second-order valence-corrected chi connectivity index (χ2v) is 7.49. The molecule has 0 radical (unpaired) electrons. The molecular formula is C26H25FN2O2. The molecule has 1 amide bonds. The predicted octanol–water partition coefficient (Wildman–Crippen LogP) is 5.10. The zero-order chi connectivity index (χ0) is 21.5. The van der Waals surface area contributed by atoms with Crippen molar-refractivity contribution in [3.05, 3.63) is 108 Å². The van der Waals surface area contributed by atoms with Crippen LogP contribution in [0.2, 0.25) is 0 Å². The number of nitrogens with zero attached hydrogens (tertiary/aromatic N) is 1. The number of halogens is 1. The summed E-state index contributed by atoms with van der Waals surface area (Å²) in [7, 11) is 0. The first-order valence-corrected chi connectivity index (χ1v) is 10.4. The summed E-state index contributed by atoms with van der Waals surface area (Å²) in [5.74, 6) is -0.461. The Labute approximate surface area is 181 Å². The van der Waals surface area contributed by atoms with Crippen molar-refractivity contribution in [2.75, 3.05) is 13.2 Å². The Kier molecular flexibility index (Phi) is 6.75. The number of hydrogen-bond acceptors (Lipinski definition) is 2. The number of rotatable bonds is 9. The van der Waals surface area contributed by atoms with Gasteiger partial charge < -0.3 is 14.6 Å². The lowest BCUT2D eigenvalue weighted by molar-refractivity contribution is -0.137. The van der Waals surface area contributed by atoms with Gasteiger partial charge in [0.1, 0.15) is 12.4 Å². The van der Waals surface area contributed by atoms with Crippen LogP contribution in [0.1, 0.15) is 16.7 Å². The van der Waals surface area contributed by atoms with Gasteiger partial charge in [-0.15, -0.1) is 0 Å². The highest BCUT2D eigenvalue weighted by atomic mass is 19.1. The first kappa shape index (κ1) is 20.8. The van der Waals surface area contributed by atoms with E-state index in [1.807, 2.05) is 54.7 Å².